The fourth-order valence-electron chi connectivity index (χ4n) is 3.11. The Balaban J connectivity index is 0.00000261. The standard InChI is InChI=1S/C23H23O2P.Li/c1-16-13-17(2)22(18(3)14-16)23(24)26-21-11-9-20(10-12-21)25-15-19-7-5-4-6-8-19;/h4-14,26H,15H2,1-3H3;. The van der Waals surface area contributed by atoms with E-state index >= 15 is 0 Å². The third-order valence-electron chi connectivity index (χ3n) is 4.26. The predicted octanol–water partition coefficient (Wildman–Crippen LogP) is 4.95. The van der Waals surface area contributed by atoms with E-state index in [0.717, 1.165) is 33.3 Å². The zero-order valence-corrected chi connectivity index (χ0v) is 17.4. The second kappa shape index (κ2) is 9.91. The van der Waals surface area contributed by atoms with Crippen molar-refractivity contribution in [3.05, 3.63) is 94.5 Å². The minimum Gasteiger partial charge on any atom is -0.489 e. The minimum absolute atomic E-state index is 0. The summed E-state index contributed by atoms with van der Waals surface area (Å²) in [6.45, 7) is 6.63. The van der Waals surface area contributed by atoms with Crippen LogP contribution in [0.4, 0.5) is 0 Å². The molecule has 0 fully saturated rings. The Morgan fingerprint density at radius 1 is 0.889 bits per heavy atom. The van der Waals surface area contributed by atoms with Gasteiger partial charge in [-0.25, -0.2) is 0 Å². The van der Waals surface area contributed by atoms with Gasteiger partial charge in [0.25, 0.3) is 0 Å². The zero-order chi connectivity index (χ0) is 18.5. The fourth-order valence-corrected chi connectivity index (χ4v) is 4.22. The van der Waals surface area contributed by atoms with E-state index in [1.165, 1.54) is 5.56 Å². The molecule has 2 nitrogen and oxygen atoms in total. The van der Waals surface area contributed by atoms with E-state index in [1.807, 2.05) is 68.4 Å². The summed E-state index contributed by atoms with van der Waals surface area (Å²) in [7, 11) is 0.122. The van der Waals surface area contributed by atoms with Crippen molar-refractivity contribution in [2.24, 2.45) is 0 Å². The van der Waals surface area contributed by atoms with Crippen LogP contribution in [0.15, 0.2) is 66.7 Å². The topological polar surface area (TPSA) is 26.3 Å². The molecule has 3 aromatic rings. The Bertz CT molecular complexity index is 882. The first-order valence-corrected chi connectivity index (χ1v) is 9.69. The molecule has 0 aromatic heterocycles. The Labute approximate surface area is 175 Å². The van der Waals surface area contributed by atoms with Crippen molar-refractivity contribution >= 4 is 38.3 Å². The van der Waals surface area contributed by atoms with E-state index in [9.17, 15) is 4.79 Å². The smallest absolute Gasteiger partial charge is 0.186 e. The van der Waals surface area contributed by atoms with Crippen molar-refractivity contribution in [3.63, 3.8) is 0 Å². The Morgan fingerprint density at radius 2 is 1.48 bits per heavy atom. The van der Waals surface area contributed by atoms with Crippen LogP contribution < -0.4 is 10.0 Å². The van der Waals surface area contributed by atoms with Crippen LogP contribution in [0.5, 0.6) is 5.75 Å². The van der Waals surface area contributed by atoms with E-state index < -0.39 is 0 Å². The van der Waals surface area contributed by atoms with Gasteiger partial charge in [-0.3, -0.25) is 4.79 Å². The van der Waals surface area contributed by atoms with E-state index in [1.54, 1.807) is 0 Å². The molecule has 3 rings (SSSR count). The molecule has 1 radical (unpaired) electrons. The van der Waals surface area contributed by atoms with Crippen LogP contribution in [0.3, 0.4) is 0 Å². The van der Waals surface area contributed by atoms with Crippen molar-refractivity contribution in [3.8, 4) is 5.75 Å². The van der Waals surface area contributed by atoms with Gasteiger partial charge in [0.05, 0.1) is 0 Å². The Hall–Kier alpha value is -1.84. The third kappa shape index (κ3) is 5.82. The number of carbonyl (C=O) groups excluding carboxylic acids is 1. The van der Waals surface area contributed by atoms with Gasteiger partial charge in [0.2, 0.25) is 0 Å². The first kappa shape index (κ1) is 21.5. The van der Waals surface area contributed by atoms with Crippen LogP contribution in [0.25, 0.3) is 0 Å². The van der Waals surface area contributed by atoms with Crippen molar-refractivity contribution in [1.82, 2.24) is 0 Å². The van der Waals surface area contributed by atoms with Crippen LogP contribution in [-0.4, -0.2) is 24.4 Å². The molecule has 0 heterocycles. The average molecular weight is 369 g/mol. The molecule has 0 amide bonds. The Morgan fingerprint density at radius 3 is 2.07 bits per heavy atom. The van der Waals surface area contributed by atoms with Crippen molar-refractivity contribution in [1.29, 1.82) is 0 Å². The van der Waals surface area contributed by atoms with Gasteiger partial charge in [0.1, 0.15) is 12.4 Å². The molecule has 0 spiro atoms. The molecule has 4 heteroatoms. The molecule has 0 aliphatic heterocycles. The SMILES string of the molecule is Cc1cc(C)c(C(=O)Pc2ccc(OCc3ccccc3)cc2)c(C)c1.[Li]. The number of ether oxygens (including phenoxy) is 1. The molecular formula is C23H23LiO2P. The normalized spacial score (nSPS) is 10.6. The number of hydrogen-bond acceptors (Lipinski definition) is 2. The number of benzene rings is 3. The maximum atomic E-state index is 12.7. The van der Waals surface area contributed by atoms with E-state index in [4.69, 9.17) is 4.74 Å². The minimum atomic E-state index is 0. The summed E-state index contributed by atoms with van der Waals surface area (Å²) in [5.74, 6) is 0.817. The van der Waals surface area contributed by atoms with Crippen LogP contribution >= 0.6 is 8.58 Å². The van der Waals surface area contributed by atoms with Crippen molar-refractivity contribution in [2.75, 3.05) is 0 Å². The number of aryl methyl sites for hydroxylation is 3. The molecular weight excluding hydrogens is 346 g/mol. The Kier molecular flexibility index (Phi) is 7.87. The molecule has 0 aliphatic rings. The molecule has 133 valence electrons. The van der Waals surface area contributed by atoms with Crippen LogP contribution in [0.2, 0.25) is 0 Å². The number of hydrogen-bond donors (Lipinski definition) is 0. The second-order valence-electron chi connectivity index (χ2n) is 6.53. The molecule has 0 N–H and O–H groups in total. The summed E-state index contributed by atoms with van der Waals surface area (Å²) in [5, 5.41) is 1.03. The van der Waals surface area contributed by atoms with Crippen molar-refractivity contribution < 1.29 is 9.53 Å². The molecule has 0 saturated carbocycles. The quantitative estimate of drug-likeness (QED) is 0.454. The summed E-state index contributed by atoms with van der Waals surface area (Å²) in [6.07, 6.45) is 0. The van der Waals surface area contributed by atoms with Gasteiger partial charge in [-0.2, -0.15) is 0 Å². The van der Waals surface area contributed by atoms with Crippen LogP contribution in [0, 0.1) is 20.8 Å². The number of rotatable bonds is 6. The fraction of sp³-hybridized carbons (Fsp3) is 0.174. The monoisotopic (exact) mass is 369 g/mol. The van der Waals surface area contributed by atoms with E-state index in [-0.39, 0.29) is 33.0 Å². The third-order valence-corrected chi connectivity index (χ3v) is 5.36. The zero-order valence-electron chi connectivity index (χ0n) is 16.4. The molecule has 0 bridgehead atoms. The van der Waals surface area contributed by atoms with Gasteiger partial charge < -0.3 is 4.74 Å². The summed E-state index contributed by atoms with van der Waals surface area (Å²) >= 11 is 0. The predicted molar refractivity (Wildman–Crippen MR) is 116 cm³/mol. The van der Waals surface area contributed by atoms with Gasteiger partial charge in [-0.05, 0) is 63.5 Å². The summed E-state index contributed by atoms with van der Waals surface area (Å²) in [5.41, 5.74) is 5.50. The van der Waals surface area contributed by atoms with Gasteiger partial charge >= 0.3 is 0 Å². The van der Waals surface area contributed by atoms with Crippen LogP contribution in [-0.2, 0) is 6.61 Å². The molecule has 0 saturated heterocycles. The molecule has 3 aromatic carbocycles. The molecule has 1 unspecified atom stereocenters. The molecule has 0 aliphatic carbocycles. The van der Waals surface area contributed by atoms with Gasteiger partial charge in [0.15, 0.2) is 5.52 Å². The van der Waals surface area contributed by atoms with Gasteiger partial charge in [-0.15, -0.1) is 0 Å². The van der Waals surface area contributed by atoms with Gasteiger partial charge in [-0.1, -0.05) is 60.2 Å². The number of carbonyl (C=O) groups is 1. The maximum absolute atomic E-state index is 12.7. The first-order chi connectivity index (χ1) is 12.5. The van der Waals surface area contributed by atoms with E-state index in [0.29, 0.717) is 6.61 Å². The largest absolute Gasteiger partial charge is 0.489 e. The van der Waals surface area contributed by atoms with E-state index in [2.05, 4.69) is 19.1 Å². The summed E-state index contributed by atoms with van der Waals surface area (Å²) in [4.78, 5) is 12.7. The molecule has 1 atom stereocenters. The molecule has 27 heavy (non-hydrogen) atoms. The maximum Gasteiger partial charge on any atom is 0.186 e. The second-order valence-corrected chi connectivity index (χ2v) is 7.81. The first-order valence-electron chi connectivity index (χ1n) is 8.69. The van der Waals surface area contributed by atoms with Crippen LogP contribution in [0.1, 0.15) is 32.6 Å². The summed E-state index contributed by atoms with van der Waals surface area (Å²) in [6, 6.07) is 22.1. The van der Waals surface area contributed by atoms with Gasteiger partial charge in [0, 0.05) is 24.4 Å². The average Bonchev–Trinajstić information content (AvgIpc) is 2.61. The summed E-state index contributed by atoms with van der Waals surface area (Å²) < 4.78 is 5.81. The van der Waals surface area contributed by atoms with Crippen molar-refractivity contribution in [2.45, 2.75) is 27.4 Å².